The third-order valence-corrected chi connectivity index (χ3v) is 1.77. The first-order valence-electron chi connectivity index (χ1n) is 3.75. The van der Waals surface area contributed by atoms with Crippen molar-refractivity contribution in [1.82, 2.24) is 4.98 Å². The molecule has 3 N–H and O–H groups in total. The Labute approximate surface area is 77.7 Å². The van der Waals surface area contributed by atoms with Crippen LogP contribution in [0.4, 0.5) is 8.78 Å². The molecule has 1 amide bonds. The molecule has 0 spiro atoms. The first kappa shape index (κ1) is 10.4. The van der Waals surface area contributed by atoms with Gasteiger partial charge in [0.1, 0.15) is 0 Å². The van der Waals surface area contributed by atoms with Crippen LogP contribution in [-0.2, 0) is 0 Å². The van der Waals surface area contributed by atoms with Crippen LogP contribution in [0.15, 0.2) is 10.9 Å². The summed E-state index contributed by atoms with van der Waals surface area (Å²) >= 11 is 0. The lowest BCUT2D eigenvalue weighted by molar-refractivity contribution is 0.0998. The predicted molar refractivity (Wildman–Crippen MR) is 45.3 cm³/mol. The van der Waals surface area contributed by atoms with E-state index < -0.39 is 23.5 Å². The highest BCUT2D eigenvalue weighted by molar-refractivity contribution is 5.93. The number of nitrogens with one attached hydrogen (secondary N) is 1. The Morgan fingerprint density at radius 1 is 1.57 bits per heavy atom. The lowest BCUT2D eigenvalue weighted by Crippen LogP contribution is -2.21. The van der Waals surface area contributed by atoms with Crippen LogP contribution in [0.5, 0.6) is 0 Å². The lowest BCUT2D eigenvalue weighted by atomic mass is 10.1. The van der Waals surface area contributed by atoms with E-state index in [-0.39, 0.29) is 11.3 Å². The number of rotatable bonds is 2. The van der Waals surface area contributed by atoms with Crippen molar-refractivity contribution < 1.29 is 13.6 Å². The number of hydrogen-bond donors (Lipinski definition) is 2. The van der Waals surface area contributed by atoms with Gasteiger partial charge in [-0.3, -0.25) is 9.59 Å². The van der Waals surface area contributed by atoms with Crippen molar-refractivity contribution in [3.05, 3.63) is 33.2 Å². The van der Waals surface area contributed by atoms with Gasteiger partial charge in [0.2, 0.25) is 5.91 Å². The molecule has 0 atom stereocenters. The second-order valence-corrected chi connectivity index (χ2v) is 2.76. The summed E-state index contributed by atoms with van der Waals surface area (Å²) in [5, 5.41) is 0. The minimum atomic E-state index is -2.92. The monoisotopic (exact) mass is 202 g/mol. The summed E-state index contributed by atoms with van der Waals surface area (Å²) in [6, 6.07) is 0.821. The molecule has 14 heavy (non-hydrogen) atoms. The Morgan fingerprint density at radius 3 is 2.57 bits per heavy atom. The lowest BCUT2D eigenvalue weighted by Gasteiger charge is -2.04. The molecular weight excluding hydrogens is 194 g/mol. The number of aryl methyl sites for hydroxylation is 1. The van der Waals surface area contributed by atoms with E-state index in [2.05, 4.69) is 4.98 Å². The van der Waals surface area contributed by atoms with Crippen molar-refractivity contribution in [1.29, 1.82) is 0 Å². The molecule has 0 aromatic carbocycles. The molecule has 0 bridgehead atoms. The average Bonchev–Trinajstić information content (AvgIpc) is 2.02. The number of nitrogens with two attached hydrogens (primary N) is 1. The van der Waals surface area contributed by atoms with Gasteiger partial charge in [-0.1, -0.05) is 0 Å². The Kier molecular flexibility index (Phi) is 2.64. The highest BCUT2D eigenvalue weighted by Crippen LogP contribution is 2.16. The topological polar surface area (TPSA) is 75.9 Å². The van der Waals surface area contributed by atoms with Gasteiger partial charge in [0.15, 0.2) is 0 Å². The van der Waals surface area contributed by atoms with E-state index in [1.54, 1.807) is 0 Å². The molecule has 1 rings (SSSR count). The maximum Gasteiger partial charge on any atom is 0.269 e. The van der Waals surface area contributed by atoms with Gasteiger partial charge in [-0.2, -0.15) is 0 Å². The summed E-state index contributed by atoms with van der Waals surface area (Å²) in [7, 11) is 0. The van der Waals surface area contributed by atoms with Gasteiger partial charge in [-0.05, 0) is 13.0 Å². The summed E-state index contributed by atoms with van der Waals surface area (Å²) in [5.74, 6) is -0.847. The second-order valence-electron chi connectivity index (χ2n) is 2.76. The summed E-state index contributed by atoms with van der Waals surface area (Å²) in [5.41, 5.74) is 3.37. The molecule has 76 valence electrons. The van der Waals surface area contributed by atoms with E-state index in [9.17, 15) is 18.4 Å². The minimum Gasteiger partial charge on any atom is -0.366 e. The SMILES string of the molecule is Cc1[nH]c(=O)c(C(F)F)cc1C(N)=O. The van der Waals surface area contributed by atoms with Gasteiger partial charge in [0, 0.05) is 5.69 Å². The Morgan fingerprint density at radius 2 is 2.14 bits per heavy atom. The van der Waals surface area contributed by atoms with E-state index in [4.69, 9.17) is 5.73 Å². The molecule has 0 aliphatic heterocycles. The van der Waals surface area contributed by atoms with Gasteiger partial charge < -0.3 is 10.7 Å². The molecule has 0 aliphatic carbocycles. The number of aromatic amines is 1. The smallest absolute Gasteiger partial charge is 0.269 e. The molecule has 1 aromatic heterocycles. The largest absolute Gasteiger partial charge is 0.366 e. The zero-order valence-electron chi connectivity index (χ0n) is 7.30. The summed E-state index contributed by atoms with van der Waals surface area (Å²) < 4.78 is 24.5. The van der Waals surface area contributed by atoms with Gasteiger partial charge in [-0.25, -0.2) is 8.78 Å². The molecule has 0 radical (unpaired) electrons. The number of amides is 1. The Balaban J connectivity index is 3.42. The maximum atomic E-state index is 12.2. The molecule has 0 unspecified atom stereocenters. The van der Waals surface area contributed by atoms with E-state index in [1.807, 2.05) is 0 Å². The molecule has 0 saturated heterocycles. The van der Waals surface area contributed by atoms with Crippen molar-refractivity contribution >= 4 is 5.91 Å². The van der Waals surface area contributed by atoms with E-state index in [0.29, 0.717) is 0 Å². The number of primary amides is 1. The number of carbonyl (C=O) groups excluding carboxylic acids is 1. The molecule has 0 fully saturated rings. The predicted octanol–water partition coefficient (Wildman–Crippen LogP) is 0.720. The van der Waals surface area contributed by atoms with E-state index >= 15 is 0 Å². The van der Waals surface area contributed by atoms with Crippen LogP contribution >= 0.6 is 0 Å². The summed E-state index contributed by atoms with van der Waals surface area (Å²) in [4.78, 5) is 23.9. The minimum absolute atomic E-state index is 0.0973. The third kappa shape index (κ3) is 1.78. The molecule has 0 saturated carbocycles. The van der Waals surface area contributed by atoms with Gasteiger partial charge in [0.25, 0.3) is 12.0 Å². The average molecular weight is 202 g/mol. The van der Waals surface area contributed by atoms with Gasteiger partial charge in [0.05, 0.1) is 11.1 Å². The van der Waals surface area contributed by atoms with Crippen molar-refractivity contribution in [2.75, 3.05) is 0 Å². The first-order chi connectivity index (χ1) is 6.43. The number of halogens is 2. The van der Waals surface area contributed by atoms with Crippen molar-refractivity contribution in [2.45, 2.75) is 13.3 Å². The summed E-state index contributed by atoms with van der Waals surface area (Å²) in [6.45, 7) is 1.41. The number of pyridine rings is 1. The quantitative estimate of drug-likeness (QED) is 0.741. The van der Waals surface area contributed by atoms with Crippen molar-refractivity contribution in [2.24, 2.45) is 5.73 Å². The fraction of sp³-hybridized carbons (Fsp3) is 0.250. The van der Waals surface area contributed by atoms with Crippen molar-refractivity contribution in [3.63, 3.8) is 0 Å². The second kappa shape index (κ2) is 3.57. The van der Waals surface area contributed by atoms with Crippen LogP contribution in [0, 0.1) is 6.92 Å². The first-order valence-corrected chi connectivity index (χ1v) is 3.75. The van der Waals surface area contributed by atoms with E-state index in [1.165, 1.54) is 6.92 Å². The zero-order chi connectivity index (χ0) is 10.9. The van der Waals surface area contributed by atoms with Crippen LogP contribution in [0.1, 0.15) is 28.0 Å². The molecule has 0 aliphatic rings. The number of carbonyl (C=O) groups is 1. The van der Waals surface area contributed by atoms with Crippen LogP contribution < -0.4 is 11.3 Å². The zero-order valence-corrected chi connectivity index (χ0v) is 7.30. The molecule has 1 aromatic rings. The fourth-order valence-corrected chi connectivity index (χ4v) is 1.06. The Hall–Kier alpha value is -1.72. The number of alkyl halides is 2. The number of hydrogen-bond acceptors (Lipinski definition) is 2. The van der Waals surface area contributed by atoms with Crippen molar-refractivity contribution in [3.8, 4) is 0 Å². The van der Waals surface area contributed by atoms with Gasteiger partial charge in [-0.15, -0.1) is 0 Å². The standard InChI is InChI=1S/C8H8F2N2O2/c1-3-4(7(11)13)2-5(6(9)10)8(14)12-3/h2,6H,1H3,(H2,11,13)(H,12,14). The Bertz CT molecular complexity index is 426. The molecular formula is C8H8F2N2O2. The molecule has 4 nitrogen and oxygen atoms in total. The fourth-order valence-electron chi connectivity index (χ4n) is 1.06. The number of H-pyrrole nitrogens is 1. The molecule has 1 heterocycles. The van der Waals surface area contributed by atoms with Crippen LogP contribution in [0.3, 0.4) is 0 Å². The normalized spacial score (nSPS) is 10.6. The molecule has 6 heteroatoms. The van der Waals surface area contributed by atoms with E-state index in [0.717, 1.165) is 6.07 Å². The summed E-state index contributed by atoms with van der Waals surface area (Å²) in [6.07, 6.45) is -2.92. The van der Waals surface area contributed by atoms with Crippen LogP contribution in [0.25, 0.3) is 0 Å². The van der Waals surface area contributed by atoms with Gasteiger partial charge >= 0.3 is 0 Å². The highest BCUT2D eigenvalue weighted by atomic mass is 19.3. The maximum absolute atomic E-state index is 12.2. The van der Waals surface area contributed by atoms with Crippen LogP contribution in [-0.4, -0.2) is 10.9 Å². The number of aromatic nitrogens is 1. The highest BCUT2D eigenvalue weighted by Gasteiger charge is 2.16. The third-order valence-electron chi connectivity index (χ3n) is 1.77. The van der Waals surface area contributed by atoms with Crippen LogP contribution in [0.2, 0.25) is 0 Å².